The summed E-state index contributed by atoms with van der Waals surface area (Å²) in [5.74, 6) is -0.466. The molecule has 76 valence electrons. The molecule has 0 aromatic heterocycles. The van der Waals surface area contributed by atoms with E-state index in [4.69, 9.17) is 5.73 Å². The zero-order chi connectivity index (χ0) is 10.7. The molecule has 0 unspecified atom stereocenters. The summed E-state index contributed by atoms with van der Waals surface area (Å²) in [4.78, 5) is 10.9. The normalized spacial score (nSPS) is 10.4. The zero-order valence-corrected chi connectivity index (χ0v) is 8.58. The number of primary amides is 1. The SMILES string of the molecule is Cc1ccc([SH](=O)=O)cc1CC(N)=O. The van der Waals surface area contributed by atoms with Gasteiger partial charge in [-0.3, -0.25) is 4.79 Å². The van der Waals surface area contributed by atoms with E-state index in [1.165, 1.54) is 12.1 Å². The zero-order valence-electron chi connectivity index (χ0n) is 7.69. The third kappa shape index (κ3) is 2.56. The van der Waals surface area contributed by atoms with Gasteiger partial charge >= 0.3 is 0 Å². The molecule has 0 fully saturated rings. The summed E-state index contributed by atoms with van der Waals surface area (Å²) < 4.78 is 21.3. The van der Waals surface area contributed by atoms with Crippen molar-refractivity contribution in [3.63, 3.8) is 0 Å². The predicted octanol–water partition coefficient (Wildman–Crippen LogP) is -0.00688. The molecular weight excluding hydrogens is 202 g/mol. The van der Waals surface area contributed by atoms with E-state index in [-0.39, 0.29) is 11.3 Å². The largest absolute Gasteiger partial charge is 0.369 e. The maximum atomic E-state index is 10.7. The van der Waals surface area contributed by atoms with E-state index in [1.807, 2.05) is 0 Å². The maximum Gasteiger partial charge on any atom is 0.221 e. The van der Waals surface area contributed by atoms with E-state index in [0.29, 0.717) is 5.56 Å². The second-order valence-corrected chi connectivity index (χ2v) is 4.04. The van der Waals surface area contributed by atoms with Crippen LogP contribution in [-0.2, 0) is 21.9 Å². The maximum absolute atomic E-state index is 10.7. The Kier molecular flexibility index (Phi) is 3.24. The number of aryl methyl sites for hydroxylation is 1. The molecule has 5 heteroatoms. The molecule has 0 saturated carbocycles. The van der Waals surface area contributed by atoms with Crippen LogP contribution in [-0.4, -0.2) is 14.3 Å². The van der Waals surface area contributed by atoms with E-state index in [1.54, 1.807) is 13.0 Å². The van der Waals surface area contributed by atoms with Crippen LogP contribution in [0.5, 0.6) is 0 Å². The molecular formula is C9H11NO3S. The molecule has 0 saturated heterocycles. The summed E-state index contributed by atoms with van der Waals surface area (Å²) in [6, 6.07) is 4.65. The first-order valence-electron chi connectivity index (χ1n) is 4.03. The number of nitrogens with two attached hydrogens (primary N) is 1. The van der Waals surface area contributed by atoms with Gasteiger partial charge in [0.25, 0.3) is 0 Å². The Hall–Kier alpha value is -1.36. The van der Waals surface area contributed by atoms with Gasteiger partial charge in [0.15, 0.2) is 10.7 Å². The lowest BCUT2D eigenvalue weighted by Crippen LogP contribution is -2.14. The third-order valence-corrected chi connectivity index (χ3v) is 2.61. The highest BCUT2D eigenvalue weighted by atomic mass is 32.2. The van der Waals surface area contributed by atoms with Crippen LogP contribution >= 0.6 is 0 Å². The third-order valence-electron chi connectivity index (χ3n) is 1.91. The van der Waals surface area contributed by atoms with Gasteiger partial charge in [-0.05, 0) is 30.2 Å². The minimum Gasteiger partial charge on any atom is -0.369 e. The number of carbonyl (C=O) groups excluding carboxylic acids is 1. The van der Waals surface area contributed by atoms with Crippen molar-refractivity contribution >= 4 is 16.6 Å². The van der Waals surface area contributed by atoms with Crippen molar-refractivity contribution in [2.75, 3.05) is 0 Å². The summed E-state index contributed by atoms with van der Waals surface area (Å²) in [6.07, 6.45) is 0.0723. The molecule has 0 radical (unpaired) electrons. The number of hydrogen-bond donors (Lipinski definition) is 2. The van der Waals surface area contributed by atoms with Crippen LogP contribution in [0.3, 0.4) is 0 Å². The summed E-state index contributed by atoms with van der Waals surface area (Å²) in [5.41, 5.74) is 6.56. The highest BCUT2D eigenvalue weighted by molar-refractivity contribution is 7.72. The van der Waals surface area contributed by atoms with Gasteiger partial charge in [-0.2, -0.15) is 0 Å². The van der Waals surface area contributed by atoms with Crippen LogP contribution in [0.2, 0.25) is 0 Å². The Morgan fingerprint density at radius 3 is 2.57 bits per heavy atom. The molecule has 1 aromatic carbocycles. The molecule has 2 N–H and O–H groups in total. The molecule has 0 aliphatic carbocycles. The molecule has 0 aliphatic rings. The Bertz CT molecular complexity index is 430. The Balaban J connectivity index is 3.14. The molecule has 4 nitrogen and oxygen atoms in total. The van der Waals surface area contributed by atoms with Crippen LogP contribution in [0.4, 0.5) is 0 Å². The topological polar surface area (TPSA) is 77.2 Å². The lowest BCUT2D eigenvalue weighted by Gasteiger charge is -2.03. The molecule has 0 atom stereocenters. The number of carbonyl (C=O) groups is 1. The van der Waals surface area contributed by atoms with Crippen LogP contribution in [0.25, 0.3) is 0 Å². The van der Waals surface area contributed by atoms with Crippen molar-refractivity contribution in [2.45, 2.75) is 18.2 Å². The van der Waals surface area contributed by atoms with E-state index in [9.17, 15) is 13.2 Å². The average Bonchev–Trinajstić information content (AvgIpc) is 2.07. The monoisotopic (exact) mass is 213 g/mol. The number of thiol groups is 1. The van der Waals surface area contributed by atoms with Crippen molar-refractivity contribution in [1.82, 2.24) is 0 Å². The van der Waals surface area contributed by atoms with Gasteiger partial charge in [-0.1, -0.05) is 6.07 Å². The van der Waals surface area contributed by atoms with Gasteiger partial charge in [0.2, 0.25) is 5.91 Å². The van der Waals surface area contributed by atoms with Gasteiger partial charge < -0.3 is 5.73 Å². The number of benzene rings is 1. The lowest BCUT2D eigenvalue weighted by molar-refractivity contribution is -0.117. The van der Waals surface area contributed by atoms with Crippen molar-refractivity contribution in [1.29, 1.82) is 0 Å². The van der Waals surface area contributed by atoms with Crippen LogP contribution < -0.4 is 5.73 Å². The minimum atomic E-state index is -2.60. The first-order chi connectivity index (χ1) is 6.50. The smallest absolute Gasteiger partial charge is 0.221 e. The van der Waals surface area contributed by atoms with Gasteiger partial charge in [0, 0.05) is 0 Å². The Morgan fingerprint density at radius 1 is 1.43 bits per heavy atom. The highest BCUT2D eigenvalue weighted by Gasteiger charge is 2.04. The van der Waals surface area contributed by atoms with Crippen LogP contribution in [0.15, 0.2) is 23.1 Å². The van der Waals surface area contributed by atoms with Crippen molar-refractivity contribution < 1.29 is 13.2 Å². The van der Waals surface area contributed by atoms with Crippen LogP contribution in [0, 0.1) is 6.92 Å². The van der Waals surface area contributed by atoms with E-state index < -0.39 is 16.6 Å². The van der Waals surface area contributed by atoms with Gasteiger partial charge in [-0.15, -0.1) is 0 Å². The molecule has 0 spiro atoms. The first-order valence-corrected chi connectivity index (χ1v) is 5.20. The summed E-state index contributed by atoms with van der Waals surface area (Å²) in [7, 11) is -2.60. The van der Waals surface area contributed by atoms with Crippen LogP contribution in [0.1, 0.15) is 11.1 Å². The molecule has 14 heavy (non-hydrogen) atoms. The molecule has 0 aliphatic heterocycles. The summed E-state index contributed by atoms with van der Waals surface area (Å²) in [5, 5.41) is 0. The summed E-state index contributed by atoms with van der Waals surface area (Å²) in [6.45, 7) is 1.81. The van der Waals surface area contributed by atoms with Crippen molar-refractivity contribution in [2.24, 2.45) is 5.73 Å². The van der Waals surface area contributed by atoms with Crippen molar-refractivity contribution in [3.8, 4) is 0 Å². The number of amides is 1. The molecule has 0 bridgehead atoms. The lowest BCUT2D eigenvalue weighted by atomic mass is 10.1. The average molecular weight is 213 g/mol. The standard InChI is InChI=1S/C9H11NO3S/c1-6-2-3-8(14(12)13)4-7(6)5-9(10)11/h2-4,14H,5H2,1H3,(H2,10,11). The second-order valence-electron chi connectivity index (χ2n) is 3.01. The summed E-state index contributed by atoms with van der Waals surface area (Å²) >= 11 is 0. The van der Waals surface area contributed by atoms with Gasteiger partial charge in [0.1, 0.15) is 0 Å². The molecule has 1 rings (SSSR count). The van der Waals surface area contributed by atoms with E-state index in [2.05, 4.69) is 0 Å². The fourth-order valence-electron chi connectivity index (χ4n) is 1.15. The predicted molar refractivity (Wildman–Crippen MR) is 52.7 cm³/mol. The fourth-order valence-corrected chi connectivity index (χ4v) is 1.61. The highest BCUT2D eigenvalue weighted by Crippen LogP contribution is 2.12. The van der Waals surface area contributed by atoms with Gasteiger partial charge in [-0.25, -0.2) is 8.42 Å². The van der Waals surface area contributed by atoms with Crippen molar-refractivity contribution in [3.05, 3.63) is 29.3 Å². The minimum absolute atomic E-state index is 0.0723. The number of rotatable bonds is 3. The quantitative estimate of drug-likeness (QED) is 0.693. The van der Waals surface area contributed by atoms with E-state index >= 15 is 0 Å². The molecule has 0 heterocycles. The Morgan fingerprint density at radius 2 is 2.07 bits per heavy atom. The number of hydrogen-bond acceptors (Lipinski definition) is 3. The fraction of sp³-hybridized carbons (Fsp3) is 0.222. The second kappa shape index (κ2) is 4.23. The Labute approximate surface area is 83.7 Å². The first kappa shape index (κ1) is 10.7. The van der Waals surface area contributed by atoms with E-state index in [0.717, 1.165) is 5.56 Å². The van der Waals surface area contributed by atoms with Gasteiger partial charge in [0.05, 0.1) is 11.3 Å². The molecule has 1 amide bonds. The molecule has 1 aromatic rings.